The number of benzene rings is 1. The second kappa shape index (κ2) is 7.62. The quantitative estimate of drug-likeness (QED) is 0.814. The number of hydrogen-bond donors (Lipinski definition) is 1. The van der Waals surface area contributed by atoms with Crippen LogP contribution in [0.4, 0.5) is 0 Å². The predicted molar refractivity (Wildman–Crippen MR) is 91.0 cm³/mol. The Balaban J connectivity index is 1.46. The number of aryl methyl sites for hydroxylation is 2. The van der Waals surface area contributed by atoms with Crippen LogP contribution in [-0.4, -0.2) is 12.5 Å². The predicted octanol–water partition coefficient (Wildman–Crippen LogP) is 4.11. The molecule has 0 aromatic heterocycles. The van der Waals surface area contributed by atoms with Crippen LogP contribution >= 0.6 is 0 Å². The summed E-state index contributed by atoms with van der Waals surface area (Å²) in [6, 6.07) is 6.61. The molecule has 0 radical (unpaired) electrons. The monoisotopic (exact) mass is 297 g/mol. The Labute approximate surface area is 134 Å². The first kappa shape index (κ1) is 15.3. The Morgan fingerprint density at radius 3 is 2.64 bits per heavy atom. The van der Waals surface area contributed by atoms with E-state index in [2.05, 4.69) is 29.6 Å². The van der Waals surface area contributed by atoms with Gasteiger partial charge in [-0.3, -0.25) is 4.79 Å². The van der Waals surface area contributed by atoms with E-state index in [1.54, 1.807) is 0 Å². The smallest absolute Gasteiger partial charge is 0.224 e. The number of carbonyl (C=O) groups excluding carboxylic acids is 1. The van der Waals surface area contributed by atoms with Gasteiger partial charge in [0.15, 0.2) is 0 Å². The van der Waals surface area contributed by atoms with Gasteiger partial charge in [-0.15, -0.1) is 0 Å². The summed E-state index contributed by atoms with van der Waals surface area (Å²) in [6.07, 6.45) is 14.0. The molecule has 0 spiro atoms. The lowest BCUT2D eigenvalue weighted by Crippen LogP contribution is -2.26. The lowest BCUT2D eigenvalue weighted by molar-refractivity contribution is -0.120. The minimum Gasteiger partial charge on any atom is -0.355 e. The van der Waals surface area contributed by atoms with Crippen molar-refractivity contribution in [3.63, 3.8) is 0 Å². The average molecular weight is 297 g/mol. The van der Waals surface area contributed by atoms with E-state index in [1.807, 2.05) is 0 Å². The molecule has 0 bridgehead atoms. The van der Waals surface area contributed by atoms with E-state index in [9.17, 15) is 4.79 Å². The van der Waals surface area contributed by atoms with E-state index < -0.39 is 0 Å². The fourth-order valence-electron chi connectivity index (χ4n) is 3.64. The molecule has 0 unspecified atom stereocenters. The fraction of sp³-hybridized carbons (Fsp3) is 0.550. The summed E-state index contributed by atoms with van der Waals surface area (Å²) in [5.74, 6) is 0.159. The normalized spacial score (nSPS) is 17.5. The third-order valence-corrected chi connectivity index (χ3v) is 4.93. The standard InChI is InChI=1S/C20H27NO/c22-20(21-13-12-16-6-2-1-3-7-16)15-17-10-11-18-8-4-5-9-19(18)14-17/h6,10-11,14H,1-5,7-9,12-13,15H2,(H,21,22). The number of amides is 1. The number of rotatable bonds is 5. The lowest BCUT2D eigenvalue weighted by atomic mass is 9.90. The van der Waals surface area contributed by atoms with E-state index in [0.29, 0.717) is 6.42 Å². The molecule has 0 aliphatic heterocycles. The van der Waals surface area contributed by atoms with Crippen LogP contribution in [0.2, 0.25) is 0 Å². The van der Waals surface area contributed by atoms with Crippen molar-refractivity contribution in [3.8, 4) is 0 Å². The molecule has 0 heterocycles. The zero-order valence-corrected chi connectivity index (χ0v) is 13.5. The molecule has 2 aliphatic rings. The number of carbonyl (C=O) groups is 1. The van der Waals surface area contributed by atoms with Crippen molar-refractivity contribution in [2.45, 2.75) is 64.2 Å². The first-order valence-corrected chi connectivity index (χ1v) is 8.86. The Kier molecular flexibility index (Phi) is 5.31. The van der Waals surface area contributed by atoms with Crippen LogP contribution in [0.3, 0.4) is 0 Å². The van der Waals surface area contributed by atoms with E-state index >= 15 is 0 Å². The molecule has 118 valence electrons. The maximum absolute atomic E-state index is 12.1. The van der Waals surface area contributed by atoms with Gasteiger partial charge in [0.2, 0.25) is 5.91 Å². The highest BCUT2D eigenvalue weighted by molar-refractivity contribution is 5.78. The highest BCUT2D eigenvalue weighted by Crippen LogP contribution is 2.22. The molecular weight excluding hydrogens is 270 g/mol. The summed E-state index contributed by atoms with van der Waals surface area (Å²) < 4.78 is 0. The Morgan fingerprint density at radius 2 is 1.82 bits per heavy atom. The van der Waals surface area contributed by atoms with Gasteiger partial charge >= 0.3 is 0 Å². The molecule has 1 amide bonds. The van der Waals surface area contributed by atoms with E-state index in [0.717, 1.165) is 18.5 Å². The molecule has 0 atom stereocenters. The summed E-state index contributed by atoms with van der Waals surface area (Å²) in [7, 11) is 0. The Hall–Kier alpha value is -1.57. The molecule has 3 rings (SSSR count). The number of hydrogen-bond acceptors (Lipinski definition) is 1. The summed E-state index contributed by atoms with van der Waals surface area (Å²) in [5.41, 5.74) is 5.64. The highest BCUT2D eigenvalue weighted by atomic mass is 16.1. The Morgan fingerprint density at radius 1 is 1.00 bits per heavy atom. The van der Waals surface area contributed by atoms with Crippen LogP contribution in [0.5, 0.6) is 0 Å². The molecule has 1 N–H and O–H groups in total. The number of allylic oxidation sites excluding steroid dienone is 1. The zero-order chi connectivity index (χ0) is 15.2. The van der Waals surface area contributed by atoms with Crippen molar-refractivity contribution in [3.05, 3.63) is 46.5 Å². The summed E-state index contributed by atoms with van der Waals surface area (Å²) >= 11 is 0. The zero-order valence-electron chi connectivity index (χ0n) is 13.5. The largest absolute Gasteiger partial charge is 0.355 e. The average Bonchev–Trinajstić information content (AvgIpc) is 2.56. The maximum Gasteiger partial charge on any atom is 0.224 e. The number of nitrogens with one attached hydrogen (secondary N) is 1. The van der Waals surface area contributed by atoms with Crippen LogP contribution in [-0.2, 0) is 24.1 Å². The van der Waals surface area contributed by atoms with E-state index in [-0.39, 0.29) is 5.91 Å². The molecule has 22 heavy (non-hydrogen) atoms. The minimum atomic E-state index is 0.159. The molecule has 2 heteroatoms. The first-order valence-electron chi connectivity index (χ1n) is 8.86. The molecular formula is C20H27NO. The molecule has 0 saturated carbocycles. The van der Waals surface area contributed by atoms with Gasteiger partial charge in [0, 0.05) is 6.54 Å². The van der Waals surface area contributed by atoms with Crippen molar-refractivity contribution >= 4 is 5.91 Å². The van der Waals surface area contributed by atoms with Gasteiger partial charge in [0.1, 0.15) is 0 Å². The highest BCUT2D eigenvalue weighted by Gasteiger charge is 2.11. The summed E-state index contributed by atoms with van der Waals surface area (Å²) in [5, 5.41) is 3.08. The molecule has 2 aliphatic carbocycles. The molecule has 2 nitrogen and oxygen atoms in total. The van der Waals surface area contributed by atoms with Gasteiger partial charge in [-0.2, -0.15) is 0 Å². The van der Waals surface area contributed by atoms with E-state index in [4.69, 9.17) is 0 Å². The molecule has 0 fully saturated rings. The van der Waals surface area contributed by atoms with Crippen molar-refractivity contribution in [1.29, 1.82) is 0 Å². The van der Waals surface area contributed by atoms with Crippen LogP contribution in [0.15, 0.2) is 29.8 Å². The van der Waals surface area contributed by atoms with Crippen LogP contribution < -0.4 is 5.32 Å². The van der Waals surface area contributed by atoms with Crippen LogP contribution in [0.1, 0.15) is 61.6 Å². The minimum absolute atomic E-state index is 0.159. The van der Waals surface area contributed by atoms with Crippen molar-refractivity contribution in [2.24, 2.45) is 0 Å². The molecule has 1 aromatic carbocycles. The SMILES string of the molecule is O=C(Cc1ccc2c(c1)CCCC2)NCCC1=CCCCC1. The molecule has 1 aromatic rings. The third-order valence-electron chi connectivity index (χ3n) is 4.93. The van der Waals surface area contributed by atoms with Gasteiger partial charge < -0.3 is 5.32 Å². The van der Waals surface area contributed by atoms with Crippen molar-refractivity contribution < 1.29 is 4.79 Å². The summed E-state index contributed by atoms with van der Waals surface area (Å²) in [4.78, 5) is 12.1. The lowest BCUT2D eigenvalue weighted by Gasteiger charge is -2.16. The Bertz CT molecular complexity index is 559. The van der Waals surface area contributed by atoms with Crippen molar-refractivity contribution in [2.75, 3.05) is 6.54 Å². The van der Waals surface area contributed by atoms with Gasteiger partial charge in [-0.25, -0.2) is 0 Å². The van der Waals surface area contributed by atoms with Crippen LogP contribution in [0, 0.1) is 0 Å². The maximum atomic E-state index is 12.1. The van der Waals surface area contributed by atoms with Crippen LogP contribution in [0.25, 0.3) is 0 Å². The second-order valence-corrected chi connectivity index (χ2v) is 6.70. The van der Waals surface area contributed by atoms with Gasteiger partial charge in [-0.05, 0) is 74.5 Å². The fourth-order valence-corrected chi connectivity index (χ4v) is 3.64. The second-order valence-electron chi connectivity index (χ2n) is 6.70. The van der Waals surface area contributed by atoms with Gasteiger partial charge in [0.25, 0.3) is 0 Å². The topological polar surface area (TPSA) is 29.1 Å². The number of fused-ring (bicyclic) bond motifs is 1. The van der Waals surface area contributed by atoms with Crippen molar-refractivity contribution in [1.82, 2.24) is 5.32 Å². The van der Waals surface area contributed by atoms with E-state index in [1.165, 1.54) is 68.1 Å². The summed E-state index contributed by atoms with van der Waals surface area (Å²) in [6.45, 7) is 0.787. The van der Waals surface area contributed by atoms with Gasteiger partial charge in [-0.1, -0.05) is 29.8 Å². The molecule has 0 saturated heterocycles. The third kappa shape index (κ3) is 4.22. The van der Waals surface area contributed by atoms with Gasteiger partial charge in [0.05, 0.1) is 6.42 Å². The first-order chi connectivity index (χ1) is 10.8.